The van der Waals surface area contributed by atoms with Crippen molar-refractivity contribution in [3.05, 3.63) is 47.9 Å². The van der Waals surface area contributed by atoms with E-state index >= 15 is 0 Å². The van der Waals surface area contributed by atoms with Crippen LogP contribution in [0.3, 0.4) is 0 Å². The van der Waals surface area contributed by atoms with Gasteiger partial charge in [0.1, 0.15) is 23.6 Å². The van der Waals surface area contributed by atoms with Crippen molar-refractivity contribution in [1.82, 2.24) is 9.97 Å². The molecule has 0 spiro atoms. The molecule has 0 radical (unpaired) electrons. The molecule has 1 aliphatic rings. The highest BCUT2D eigenvalue weighted by Crippen LogP contribution is 2.17. The number of hydrazone groups is 1. The third-order valence-electron chi connectivity index (χ3n) is 3.50. The molecule has 7 nitrogen and oxygen atoms in total. The van der Waals surface area contributed by atoms with Crippen LogP contribution in [0.15, 0.2) is 41.8 Å². The molecule has 1 aromatic heterocycles. The molecular weight excluding hydrogens is 282 g/mol. The molecule has 0 amide bonds. The van der Waals surface area contributed by atoms with Gasteiger partial charge in [0.05, 0.1) is 18.9 Å². The first-order valence-electron chi connectivity index (χ1n) is 7.00. The van der Waals surface area contributed by atoms with Crippen LogP contribution in [0.2, 0.25) is 0 Å². The molecule has 2 heterocycles. The highest BCUT2D eigenvalue weighted by atomic mass is 16.5. The van der Waals surface area contributed by atoms with Gasteiger partial charge >= 0.3 is 0 Å². The SMILES string of the molecule is N/N=C(\c1ccc(O)cc1)c1cc(N2CCOCC2)ncn1. The Balaban J connectivity index is 1.91. The minimum Gasteiger partial charge on any atom is -0.508 e. The van der Waals surface area contributed by atoms with Crippen LogP contribution >= 0.6 is 0 Å². The number of nitrogens with two attached hydrogens (primary N) is 1. The number of ether oxygens (including phenoxy) is 1. The number of hydrogen-bond donors (Lipinski definition) is 2. The van der Waals surface area contributed by atoms with Gasteiger partial charge < -0.3 is 20.6 Å². The first-order chi connectivity index (χ1) is 10.8. The van der Waals surface area contributed by atoms with Crippen molar-refractivity contribution in [2.45, 2.75) is 0 Å². The summed E-state index contributed by atoms with van der Waals surface area (Å²) in [5.74, 6) is 6.55. The Hall–Kier alpha value is -2.67. The van der Waals surface area contributed by atoms with Crippen molar-refractivity contribution in [1.29, 1.82) is 0 Å². The molecule has 22 heavy (non-hydrogen) atoms. The lowest BCUT2D eigenvalue weighted by atomic mass is 10.1. The second kappa shape index (κ2) is 6.40. The van der Waals surface area contributed by atoms with E-state index in [0.717, 1.165) is 24.5 Å². The molecule has 0 atom stereocenters. The van der Waals surface area contributed by atoms with Crippen LogP contribution in [-0.2, 0) is 4.74 Å². The number of aromatic nitrogens is 2. The molecule has 3 N–H and O–H groups in total. The summed E-state index contributed by atoms with van der Waals surface area (Å²) in [5.41, 5.74) is 1.98. The number of rotatable bonds is 3. The van der Waals surface area contributed by atoms with E-state index in [9.17, 15) is 5.11 Å². The van der Waals surface area contributed by atoms with Crippen molar-refractivity contribution < 1.29 is 9.84 Å². The Morgan fingerprint density at radius 2 is 1.91 bits per heavy atom. The zero-order valence-electron chi connectivity index (χ0n) is 12.0. The van der Waals surface area contributed by atoms with Crippen molar-refractivity contribution in [3.63, 3.8) is 0 Å². The predicted octanol–water partition coefficient (Wildman–Crippen LogP) is 0.730. The van der Waals surface area contributed by atoms with Gasteiger partial charge in [0, 0.05) is 24.7 Å². The summed E-state index contributed by atoms with van der Waals surface area (Å²) in [6.45, 7) is 2.97. The highest BCUT2D eigenvalue weighted by Gasteiger charge is 2.15. The van der Waals surface area contributed by atoms with Gasteiger partial charge in [0.15, 0.2) is 0 Å². The summed E-state index contributed by atoms with van der Waals surface area (Å²) in [7, 11) is 0. The lowest BCUT2D eigenvalue weighted by molar-refractivity contribution is 0.122. The number of hydrogen-bond acceptors (Lipinski definition) is 7. The van der Waals surface area contributed by atoms with Crippen LogP contribution in [0.4, 0.5) is 5.82 Å². The van der Waals surface area contributed by atoms with Crippen molar-refractivity contribution in [2.75, 3.05) is 31.2 Å². The van der Waals surface area contributed by atoms with Crippen LogP contribution in [-0.4, -0.2) is 47.1 Å². The normalized spacial score (nSPS) is 15.8. The number of phenols is 1. The molecule has 0 bridgehead atoms. The topological polar surface area (TPSA) is 96.9 Å². The van der Waals surface area contributed by atoms with E-state index in [4.69, 9.17) is 10.6 Å². The summed E-state index contributed by atoms with van der Waals surface area (Å²) < 4.78 is 5.35. The lowest BCUT2D eigenvalue weighted by Crippen LogP contribution is -2.36. The van der Waals surface area contributed by atoms with Crippen LogP contribution in [0, 0.1) is 0 Å². The molecule has 3 rings (SSSR count). The molecule has 0 saturated carbocycles. The summed E-state index contributed by atoms with van der Waals surface area (Å²) in [6, 6.07) is 8.54. The fourth-order valence-corrected chi connectivity index (χ4v) is 2.35. The van der Waals surface area contributed by atoms with E-state index in [2.05, 4.69) is 20.0 Å². The minimum atomic E-state index is 0.191. The third kappa shape index (κ3) is 2.99. The van der Waals surface area contributed by atoms with Gasteiger partial charge in [-0.2, -0.15) is 5.10 Å². The quantitative estimate of drug-likeness (QED) is 0.493. The molecule has 0 unspecified atom stereocenters. The van der Waals surface area contributed by atoms with E-state index in [1.165, 1.54) is 6.33 Å². The Kier molecular flexibility index (Phi) is 4.15. The molecule has 0 aliphatic carbocycles. The fourth-order valence-electron chi connectivity index (χ4n) is 2.35. The third-order valence-corrected chi connectivity index (χ3v) is 3.50. The van der Waals surface area contributed by atoms with Gasteiger partial charge in [-0.05, 0) is 24.3 Å². The Bertz CT molecular complexity index is 666. The van der Waals surface area contributed by atoms with E-state index in [0.29, 0.717) is 24.6 Å². The number of phenolic OH excluding ortho intramolecular Hbond substituents is 1. The van der Waals surface area contributed by atoms with E-state index in [1.807, 2.05) is 6.07 Å². The van der Waals surface area contributed by atoms with Crippen LogP contribution in [0.1, 0.15) is 11.3 Å². The number of benzene rings is 1. The highest BCUT2D eigenvalue weighted by molar-refractivity contribution is 6.11. The molecule has 114 valence electrons. The summed E-state index contributed by atoms with van der Waals surface area (Å²) in [4.78, 5) is 10.7. The molecule has 1 aliphatic heterocycles. The molecule has 7 heteroatoms. The van der Waals surface area contributed by atoms with Gasteiger partial charge in [-0.3, -0.25) is 0 Å². The van der Waals surface area contributed by atoms with Crippen molar-refractivity contribution >= 4 is 11.5 Å². The maximum atomic E-state index is 9.38. The zero-order valence-corrected chi connectivity index (χ0v) is 12.0. The first-order valence-corrected chi connectivity index (χ1v) is 7.00. The Labute approximate surface area is 128 Å². The molecular formula is C15H17N5O2. The number of aromatic hydroxyl groups is 1. The summed E-state index contributed by atoms with van der Waals surface area (Å²) in [6.07, 6.45) is 1.51. The number of anilines is 1. The second-order valence-corrected chi connectivity index (χ2v) is 4.89. The van der Waals surface area contributed by atoms with Gasteiger partial charge in [-0.25, -0.2) is 9.97 Å². The smallest absolute Gasteiger partial charge is 0.132 e. The van der Waals surface area contributed by atoms with Gasteiger partial charge in [-0.15, -0.1) is 0 Å². The zero-order chi connectivity index (χ0) is 15.4. The predicted molar refractivity (Wildman–Crippen MR) is 83.0 cm³/mol. The second-order valence-electron chi connectivity index (χ2n) is 4.89. The molecule has 1 aromatic carbocycles. The summed E-state index contributed by atoms with van der Waals surface area (Å²) >= 11 is 0. The van der Waals surface area contributed by atoms with Crippen molar-refractivity contribution in [2.24, 2.45) is 10.9 Å². The first kappa shape index (κ1) is 14.3. The summed E-state index contributed by atoms with van der Waals surface area (Å²) in [5, 5.41) is 13.2. The largest absolute Gasteiger partial charge is 0.508 e. The lowest BCUT2D eigenvalue weighted by Gasteiger charge is -2.27. The minimum absolute atomic E-state index is 0.191. The standard InChI is InChI=1S/C15H17N5O2/c16-19-15(11-1-3-12(21)4-2-11)13-9-14(18-10-17-13)20-5-7-22-8-6-20/h1-4,9-10,21H,5-8,16H2/b19-15+. The van der Waals surface area contributed by atoms with E-state index < -0.39 is 0 Å². The maximum absolute atomic E-state index is 9.38. The van der Waals surface area contributed by atoms with Gasteiger partial charge in [0.25, 0.3) is 0 Å². The molecule has 1 saturated heterocycles. The van der Waals surface area contributed by atoms with E-state index in [1.54, 1.807) is 24.3 Å². The number of morpholine rings is 1. The maximum Gasteiger partial charge on any atom is 0.132 e. The molecule has 1 fully saturated rings. The van der Waals surface area contributed by atoms with Gasteiger partial charge in [0.2, 0.25) is 0 Å². The molecule has 2 aromatic rings. The Morgan fingerprint density at radius 1 is 1.18 bits per heavy atom. The van der Waals surface area contributed by atoms with Crippen LogP contribution in [0.5, 0.6) is 5.75 Å². The monoisotopic (exact) mass is 299 g/mol. The Morgan fingerprint density at radius 3 is 2.59 bits per heavy atom. The van der Waals surface area contributed by atoms with Crippen LogP contribution in [0.25, 0.3) is 0 Å². The van der Waals surface area contributed by atoms with Crippen LogP contribution < -0.4 is 10.7 Å². The fraction of sp³-hybridized carbons (Fsp3) is 0.267. The average molecular weight is 299 g/mol. The van der Waals surface area contributed by atoms with Gasteiger partial charge in [-0.1, -0.05) is 0 Å². The number of nitrogens with zero attached hydrogens (tertiary/aromatic N) is 4. The average Bonchev–Trinajstić information content (AvgIpc) is 2.58. The van der Waals surface area contributed by atoms with Crippen molar-refractivity contribution in [3.8, 4) is 5.75 Å². The van der Waals surface area contributed by atoms with E-state index in [-0.39, 0.29) is 5.75 Å².